The number of nitrogens with zero attached hydrogens (tertiary/aromatic N) is 5. The number of thioether (sulfide) groups is 1. The lowest BCUT2D eigenvalue weighted by Crippen LogP contribution is -2.47. The Balaban J connectivity index is 1.51. The SMILES string of the molecule is CCN1C(=O)/C(=C\c2c(N3CCN(c4ccc(OC)cc4)CC3)nc3ccc(C)cn3c2=O)SC1=S. The molecule has 2 saturated heterocycles. The van der Waals surface area contributed by atoms with Crippen molar-refractivity contribution in [1.29, 1.82) is 0 Å². The molecule has 1 aromatic carbocycles. The van der Waals surface area contributed by atoms with E-state index in [2.05, 4.69) is 21.9 Å². The molecule has 1 amide bonds. The van der Waals surface area contributed by atoms with Crippen LogP contribution in [0.5, 0.6) is 5.75 Å². The van der Waals surface area contributed by atoms with Crippen LogP contribution in [0.25, 0.3) is 11.7 Å². The molecule has 186 valence electrons. The lowest BCUT2D eigenvalue weighted by Gasteiger charge is -2.37. The number of aromatic nitrogens is 2. The van der Waals surface area contributed by atoms with Gasteiger partial charge in [-0.1, -0.05) is 30.0 Å². The van der Waals surface area contributed by atoms with E-state index >= 15 is 0 Å². The van der Waals surface area contributed by atoms with E-state index in [0.717, 1.165) is 30.1 Å². The van der Waals surface area contributed by atoms with Gasteiger partial charge in [-0.15, -0.1) is 0 Å². The Morgan fingerprint density at radius 1 is 1.06 bits per heavy atom. The first-order valence-electron chi connectivity index (χ1n) is 11.8. The Morgan fingerprint density at radius 3 is 2.39 bits per heavy atom. The molecule has 4 heterocycles. The first-order chi connectivity index (χ1) is 17.4. The van der Waals surface area contributed by atoms with E-state index in [0.29, 0.717) is 45.9 Å². The molecule has 36 heavy (non-hydrogen) atoms. The van der Waals surface area contributed by atoms with E-state index in [1.54, 1.807) is 28.7 Å². The minimum absolute atomic E-state index is 0.170. The first-order valence-corrected chi connectivity index (χ1v) is 13.0. The molecule has 8 nitrogen and oxygen atoms in total. The normalized spacial score (nSPS) is 17.5. The molecule has 0 bridgehead atoms. The number of carbonyl (C=O) groups excluding carboxylic acids is 1. The fourth-order valence-electron chi connectivity index (χ4n) is 4.49. The van der Waals surface area contributed by atoms with Gasteiger partial charge in [-0.05, 0) is 55.8 Å². The van der Waals surface area contributed by atoms with Crippen LogP contribution in [0.3, 0.4) is 0 Å². The largest absolute Gasteiger partial charge is 0.497 e. The third-order valence-corrected chi connectivity index (χ3v) is 7.85. The monoisotopic (exact) mass is 521 g/mol. The molecule has 0 radical (unpaired) electrons. The maximum Gasteiger partial charge on any atom is 0.267 e. The summed E-state index contributed by atoms with van der Waals surface area (Å²) >= 11 is 6.61. The van der Waals surface area contributed by atoms with Crippen molar-refractivity contribution in [1.82, 2.24) is 14.3 Å². The Kier molecular flexibility index (Phi) is 6.72. The summed E-state index contributed by atoms with van der Waals surface area (Å²) in [7, 11) is 1.66. The predicted octanol–water partition coefficient (Wildman–Crippen LogP) is 3.56. The maximum atomic E-state index is 13.7. The van der Waals surface area contributed by atoms with E-state index in [-0.39, 0.29) is 11.5 Å². The van der Waals surface area contributed by atoms with E-state index in [1.165, 1.54) is 11.8 Å². The molecule has 2 fully saturated rings. The second kappa shape index (κ2) is 9.94. The molecule has 0 spiro atoms. The number of benzene rings is 1. The van der Waals surface area contributed by atoms with Crippen molar-refractivity contribution < 1.29 is 9.53 Å². The minimum Gasteiger partial charge on any atom is -0.497 e. The Bertz CT molecular complexity index is 1430. The molecule has 0 N–H and O–H groups in total. The van der Waals surface area contributed by atoms with Crippen molar-refractivity contribution in [3.8, 4) is 5.75 Å². The summed E-state index contributed by atoms with van der Waals surface area (Å²) in [5.74, 6) is 1.25. The number of piperazine rings is 1. The number of carbonyl (C=O) groups is 1. The summed E-state index contributed by atoms with van der Waals surface area (Å²) < 4.78 is 7.33. The number of methoxy groups -OCH3 is 1. The Labute approximate surface area is 219 Å². The van der Waals surface area contributed by atoms with Crippen LogP contribution >= 0.6 is 24.0 Å². The number of likely N-dealkylation sites (N-methyl/N-ethyl adjacent to an activating group) is 1. The molecular weight excluding hydrogens is 494 g/mol. The molecule has 0 aliphatic carbocycles. The number of amides is 1. The van der Waals surface area contributed by atoms with E-state index in [9.17, 15) is 9.59 Å². The van der Waals surface area contributed by atoms with Crippen LogP contribution in [-0.2, 0) is 4.79 Å². The van der Waals surface area contributed by atoms with Crippen LogP contribution < -0.4 is 20.1 Å². The number of fused-ring (bicyclic) bond motifs is 1. The van der Waals surface area contributed by atoms with Gasteiger partial charge in [0.05, 0.1) is 17.6 Å². The van der Waals surface area contributed by atoms with Crippen molar-refractivity contribution in [2.75, 3.05) is 49.6 Å². The average Bonchev–Trinajstić information content (AvgIpc) is 3.17. The van der Waals surface area contributed by atoms with Crippen molar-refractivity contribution in [3.63, 3.8) is 0 Å². The quantitative estimate of drug-likeness (QED) is 0.373. The highest BCUT2D eigenvalue weighted by Gasteiger charge is 2.32. The van der Waals surface area contributed by atoms with E-state index < -0.39 is 0 Å². The zero-order chi connectivity index (χ0) is 25.4. The second-order valence-electron chi connectivity index (χ2n) is 8.69. The number of pyridine rings is 1. The van der Waals surface area contributed by atoms with Crippen LogP contribution in [0.15, 0.2) is 52.3 Å². The van der Waals surface area contributed by atoms with Gasteiger partial charge >= 0.3 is 0 Å². The number of hydrogen-bond acceptors (Lipinski definition) is 8. The molecule has 2 aliphatic rings. The highest BCUT2D eigenvalue weighted by Crippen LogP contribution is 2.33. The fraction of sp³-hybridized carbons (Fsp3) is 0.308. The predicted molar refractivity (Wildman–Crippen MR) is 149 cm³/mol. The summed E-state index contributed by atoms with van der Waals surface area (Å²) in [6.07, 6.45) is 3.45. The maximum absolute atomic E-state index is 13.7. The number of ether oxygens (including phenoxy) is 1. The van der Waals surface area contributed by atoms with Crippen LogP contribution in [0.4, 0.5) is 11.5 Å². The van der Waals surface area contributed by atoms with Crippen molar-refractivity contribution in [2.45, 2.75) is 13.8 Å². The lowest BCUT2D eigenvalue weighted by molar-refractivity contribution is -0.121. The second-order valence-corrected chi connectivity index (χ2v) is 10.4. The zero-order valence-corrected chi connectivity index (χ0v) is 22.1. The number of hydrogen-bond donors (Lipinski definition) is 0. The zero-order valence-electron chi connectivity index (χ0n) is 20.4. The van der Waals surface area contributed by atoms with Crippen molar-refractivity contribution in [2.24, 2.45) is 0 Å². The van der Waals surface area contributed by atoms with Gasteiger partial charge in [0, 0.05) is 44.6 Å². The number of aryl methyl sites for hydroxylation is 1. The molecule has 0 atom stereocenters. The first kappa shape index (κ1) is 24.3. The number of thiocarbonyl (C=S) groups is 1. The fourth-order valence-corrected chi connectivity index (χ4v) is 5.85. The molecule has 3 aromatic rings. The standard InChI is InChI=1S/C26H27N5O3S2/c1-4-30-25(33)21(36-26(30)35)15-20-23(27-22-10-5-17(2)16-31(22)24(20)32)29-13-11-28(12-14-29)18-6-8-19(34-3)9-7-18/h5-10,15-16H,4,11-14H2,1-3H3/b21-15+. The van der Waals surface area contributed by atoms with Crippen LogP contribution in [-0.4, -0.2) is 64.3 Å². The Morgan fingerprint density at radius 2 is 1.75 bits per heavy atom. The number of anilines is 2. The van der Waals surface area contributed by atoms with Gasteiger partial charge in [0.25, 0.3) is 11.5 Å². The molecule has 2 aromatic heterocycles. The van der Waals surface area contributed by atoms with E-state index in [4.69, 9.17) is 21.9 Å². The van der Waals surface area contributed by atoms with Crippen LogP contribution in [0.1, 0.15) is 18.1 Å². The molecular formula is C26H27N5O3S2. The lowest BCUT2D eigenvalue weighted by atomic mass is 10.2. The molecule has 0 saturated carbocycles. The summed E-state index contributed by atoms with van der Waals surface area (Å²) in [4.78, 5) is 37.9. The van der Waals surface area contributed by atoms with Crippen molar-refractivity contribution >= 4 is 57.4 Å². The minimum atomic E-state index is -0.196. The molecule has 0 unspecified atom stereocenters. The van der Waals surface area contributed by atoms with Gasteiger partial charge in [-0.25, -0.2) is 4.98 Å². The third-order valence-electron chi connectivity index (χ3n) is 6.47. The van der Waals surface area contributed by atoms with Gasteiger partial charge in [-0.2, -0.15) is 0 Å². The molecule has 5 rings (SSSR count). The van der Waals surface area contributed by atoms with Gasteiger partial charge in [-0.3, -0.25) is 18.9 Å². The van der Waals surface area contributed by atoms with Crippen LogP contribution in [0.2, 0.25) is 0 Å². The highest BCUT2D eigenvalue weighted by molar-refractivity contribution is 8.26. The van der Waals surface area contributed by atoms with Gasteiger partial charge in [0.2, 0.25) is 0 Å². The van der Waals surface area contributed by atoms with Gasteiger partial charge < -0.3 is 14.5 Å². The van der Waals surface area contributed by atoms with Crippen LogP contribution in [0, 0.1) is 6.92 Å². The van der Waals surface area contributed by atoms with Gasteiger partial charge in [0.1, 0.15) is 21.5 Å². The average molecular weight is 522 g/mol. The van der Waals surface area contributed by atoms with Crippen molar-refractivity contribution in [3.05, 3.63) is 69.0 Å². The summed E-state index contributed by atoms with van der Waals surface area (Å²) in [5, 5.41) is 0. The van der Waals surface area contributed by atoms with Gasteiger partial charge in [0.15, 0.2) is 0 Å². The number of rotatable bonds is 5. The summed E-state index contributed by atoms with van der Waals surface area (Å²) in [5.41, 5.74) is 2.87. The molecule has 2 aliphatic heterocycles. The summed E-state index contributed by atoms with van der Waals surface area (Å²) in [6, 6.07) is 11.8. The third kappa shape index (κ3) is 4.46. The topological polar surface area (TPSA) is 70.4 Å². The Hall–Kier alpha value is -3.37. The van der Waals surface area contributed by atoms with E-state index in [1.807, 2.05) is 38.1 Å². The molecule has 10 heteroatoms. The highest BCUT2D eigenvalue weighted by atomic mass is 32.2. The summed E-state index contributed by atoms with van der Waals surface area (Å²) in [6.45, 7) is 7.25. The smallest absolute Gasteiger partial charge is 0.267 e.